The van der Waals surface area contributed by atoms with Gasteiger partial charge in [0, 0.05) is 24.8 Å². The van der Waals surface area contributed by atoms with E-state index in [1.54, 1.807) is 12.1 Å². The minimum Gasteiger partial charge on any atom is -0.491 e. The van der Waals surface area contributed by atoms with E-state index < -0.39 is 17.4 Å². The number of carbonyl (C=O) groups excluding carboxylic acids is 2. The first-order valence-corrected chi connectivity index (χ1v) is 12.6. The fourth-order valence-corrected chi connectivity index (χ4v) is 5.44. The lowest BCUT2D eigenvalue weighted by Gasteiger charge is -2.45. The van der Waals surface area contributed by atoms with Crippen LogP contribution < -0.4 is 9.64 Å². The number of urea groups is 1. The number of rotatable bonds is 7. The van der Waals surface area contributed by atoms with Crippen LogP contribution in [0.5, 0.6) is 5.75 Å². The topological polar surface area (TPSA) is 79.1 Å². The first-order chi connectivity index (χ1) is 17.8. The van der Waals surface area contributed by atoms with Crippen LogP contribution in [0.15, 0.2) is 65.4 Å². The number of anilines is 1. The number of nitrogens with zero attached hydrogens (tertiary/aromatic N) is 4. The summed E-state index contributed by atoms with van der Waals surface area (Å²) in [7, 11) is 0. The van der Waals surface area contributed by atoms with Crippen molar-refractivity contribution in [3.05, 3.63) is 78.3 Å². The molecule has 194 valence electrons. The second-order valence-corrected chi connectivity index (χ2v) is 10.0. The van der Waals surface area contributed by atoms with E-state index in [9.17, 15) is 14.0 Å². The van der Waals surface area contributed by atoms with E-state index in [4.69, 9.17) is 9.15 Å². The number of amides is 3. The summed E-state index contributed by atoms with van der Waals surface area (Å²) >= 11 is 0. The van der Waals surface area contributed by atoms with Gasteiger partial charge in [-0.3, -0.25) is 19.5 Å². The predicted octanol–water partition coefficient (Wildman–Crippen LogP) is 4.99. The molecule has 5 rings (SSSR count). The smallest absolute Gasteiger partial charge is 0.332 e. The van der Waals surface area contributed by atoms with Crippen LogP contribution in [0.3, 0.4) is 0 Å². The molecule has 3 aromatic rings. The number of likely N-dealkylation sites (tertiary alicyclic amines) is 1. The Bertz CT molecular complexity index is 1280. The molecule has 8 nitrogen and oxygen atoms in total. The summed E-state index contributed by atoms with van der Waals surface area (Å²) in [6, 6.07) is 13.4. The summed E-state index contributed by atoms with van der Waals surface area (Å²) in [5.74, 6) is 0.323. The third-order valence-electron chi connectivity index (χ3n) is 7.06. The van der Waals surface area contributed by atoms with Gasteiger partial charge in [-0.2, -0.15) is 0 Å². The zero-order chi connectivity index (χ0) is 26.2. The quantitative estimate of drug-likeness (QED) is 0.420. The highest BCUT2D eigenvalue weighted by Crippen LogP contribution is 2.43. The highest BCUT2D eigenvalue weighted by molar-refractivity contribution is 6.16. The molecule has 2 atom stereocenters. The van der Waals surface area contributed by atoms with Crippen molar-refractivity contribution >= 4 is 17.6 Å². The Kier molecular flexibility index (Phi) is 6.72. The average Bonchev–Trinajstić information content (AvgIpc) is 3.43. The third-order valence-corrected chi connectivity index (χ3v) is 7.06. The second-order valence-electron chi connectivity index (χ2n) is 10.0. The van der Waals surface area contributed by atoms with Crippen molar-refractivity contribution in [2.75, 3.05) is 11.4 Å². The Labute approximate surface area is 215 Å². The summed E-state index contributed by atoms with van der Waals surface area (Å²) in [4.78, 5) is 36.6. The van der Waals surface area contributed by atoms with Crippen molar-refractivity contribution in [3.63, 3.8) is 0 Å². The Morgan fingerprint density at radius 2 is 1.97 bits per heavy atom. The molecule has 37 heavy (non-hydrogen) atoms. The Balaban J connectivity index is 1.42. The zero-order valence-corrected chi connectivity index (χ0v) is 21.3. The van der Waals surface area contributed by atoms with Gasteiger partial charge in [0.15, 0.2) is 0 Å². The number of benzene rings is 2. The molecule has 0 saturated carbocycles. The van der Waals surface area contributed by atoms with Crippen LogP contribution in [-0.2, 0) is 17.9 Å². The molecular formula is C28H31FN4O4. The largest absolute Gasteiger partial charge is 0.491 e. The molecule has 2 fully saturated rings. The maximum Gasteiger partial charge on any atom is 0.332 e. The molecule has 0 unspecified atom stereocenters. The molecule has 3 amide bonds. The third kappa shape index (κ3) is 4.83. The Hall–Kier alpha value is -3.72. The fraction of sp³-hybridized carbons (Fsp3) is 0.393. The molecule has 9 heteroatoms. The maximum absolute atomic E-state index is 14.2. The number of imide groups is 1. The van der Waals surface area contributed by atoms with Crippen molar-refractivity contribution < 1.29 is 23.1 Å². The number of hydrogen-bond donors (Lipinski definition) is 0. The summed E-state index contributed by atoms with van der Waals surface area (Å²) < 4.78 is 25.4. The molecule has 0 N–H and O–H groups in total. The van der Waals surface area contributed by atoms with Crippen LogP contribution in [0.1, 0.15) is 45.1 Å². The molecule has 3 heterocycles. The van der Waals surface area contributed by atoms with E-state index >= 15 is 0 Å². The molecule has 0 aliphatic carbocycles. The van der Waals surface area contributed by atoms with Gasteiger partial charge in [-0.25, -0.2) is 14.2 Å². The lowest BCUT2D eigenvalue weighted by Crippen LogP contribution is -2.59. The summed E-state index contributed by atoms with van der Waals surface area (Å²) in [6.07, 6.45) is 3.80. The van der Waals surface area contributed by atoms with Crippen molar-refractivity contribution in [1.82, 2.24) is 14.8 Å². The van der Waals surface area contributed by atoms with Crippen LogP contribution in [0.4, 0.5) is 14.9 Å². The molecule has 1 aromatic heterocycles. The van der Waals surface area contributed by atoms with Crippen LogP contribution in [-0.4, -0.2) is 51.0 Å². The Morgan fingerprint density at radius 1 is 1.16 bits per heavy atom. The van der Waals surface area contributed by atoms with E-state index in [2.05, 4.69) is 22.9 Å². The number of piperidine rings is 1. The van der Waals surface area contributed by atoms with Crippen LogP contribution in [0, 0.1) is 5.82 Å². The minimum absolute atomic E-state index is 0.0158. The van der Waals surface area contributed by atoms with Crippen molar-refractivity contribution in [3.8, 4) is 5.75 Å². The summed E-state index contributed by atoms with van der Waals surface area (Å²) in [6.45, 7) is 7.26. The monoisotopic (exact) mass is 506 g/mol. The summed E-state index contributed by atoms with van der Waals surface area (Å²) in [5, 5.41) is 0. The lowest BCUT2D eigenvalue weighted by atomic mass is 9.81. The van der Waals surface area contributed by atoms with Gasteiger partial charge >= 0.3 is 6.03 Å². The summed E-state index contributed by atoms with van der Waals surface area (Å²) in [5.41, 5.74) is 0.366. The van der Waals surface area contributed by atoms with Gasteiger partial charge in [-0.15, -0.1) is 0 Å². The molecule has 0 radical (unpaired) electrons. The molecule has 2 aromatic carbocycles. The van der Waals surface area contributed by atoms with E-state index in [1.807, 2.05) is 32.0 Å². The van der Waals surface area contributed by atoms with Crippen molar-refractivity contribution in [2.45, 2.75) is 64.4 Å². The van der Waals surface area contributed by atoms with Gasteiger partial charge in [0.1, 0.15) is 29.9 Å². The van der Waals surface area contributed by atoms with Crippen molar-refractivity contribution in [1.29, 1.82) is 0 Å². The number of carbonyl (C=O) groups is 2. The Morgan fingerprint density at radius 3 is 2.68 bits per heavy atom. The lowest BCUT2D eigenvalue weighted by molar-refractivity contribution is -0.133. The average molecular weight is 507 g/mol. The molecule has 2 aliphatic heterocycles. The predicted molar refractivity (Wildman–Crippen MR) is 135 cm³/mol. The van der Waals surface area contributed by atoms with Gasteiger partial charge in [0.05, 0.1) is 12.3 Å². The second kappa shape index (κ2) is 9.97. The van der Waals surface area contributed by atoms with Gasteiger partial charge in [0.2, 0.25) is 5.89 Å². The number of hydrogen-bond acceptors (Lipinski definition) is 6. The van der Waals surface area contributed by atoms with Gasteiger partial charge in [-0.05, 0) is 69.5 Å². The van der Waals surface area contributed by atoms with Crippen molar-refractivity contribution in [2.24, 2.45) is 0 Å². The van der Waals surface area contributed by atoms with Crippen LogP contribution in [0.25, 0.3) is 0 Å². The molecule has 2 saturated heterocycles. The van der Waals surface area contributed by atoms with Gasteiger partial charge in [0.25, 0.3) is 5.91 Å². The normalized spacial score (nSPS) is 22.5. The molecule has 0 bridgehead atoms. The maximum atomic E-state index is 14.2. The van der Waals surface area contributed by atoms with E-state index in [0.717, 1.165) is 11.3 Å². The van der Waals surface area contributed by atoms with E-state index in [-0.39, 0.29) is 30.5 Å². The first-order valence-electron chi connectivity index (χ1n) is 12.6. The highest BCUT2D eigenvalue weighted by atomic mass is 19.1. The van der Waals surface area contributed by atoms with Crippen LogP contribution >= 0.6 is 0 Å². The van der Waals surface area contributed by atoms with E-state index in [1.165, 1.54) is 34.4 Å². The molecule has 1 spiro atoms. The highest BCUT2D eigenvalue weighted by Gasteiger charge is 2.60. The zero-order valence-electron chi connectivity index (χ0n) is 21.3. The van der Waals surface area contributed by atoms with Gasteiger partial charge < -0.3 is 9.15 Å². The first kappa shape index (κ1) is 25.0. The van der Waals surface area contributed by atoms with Crippen LogP contribution in [0.2, 0.25) is 0 Å². The molecular weight excluding hydrogens is 475 g/mol. The van der Waals surface area contributed by atoms with E-state index in [0.29, 0.717) is 31.6 Å². The number of aromatic nitrogens is 1. The SMILES string of the molecule is CC(C)Oc1cccc(CN2CC[C@@]3(C[C@@H]2C)C(=O)N(Cc2ncco2)C(=O)N3c2cccc(F)c2)c1. The fourth-order valence-electron chi connectivity index (χ4n) is 5.44. The standard InChI is InChI=1S/C28H31FN4O4/c1-19(2)37-24-9-4-6-21(14-24)17-31-12-10-28(16-20(31)3)26(34)32(18-25-30-11-13-36-25)27(35)33(28)23-8-5-7-22(29)15-23/h4-9,11,13-15,19-20H,10,12,16-18H2,1-3H3/t20-,28+/m0/s1. The molecule has 2 aliphatic rings. The minimum atomic E-state index is -1.12. The number of ether oxygens (including phenoxy) is 1. The van der Waals surface area contributed by atoms with Gasteiger partial charge in [-0.1, -0.05) is 18.2 Å². The number of halogens is 1. The number of oxazole rings is 1.